The first-order valence-corrected chi connectivity index (χ1v) is 9.40. The first-order chi connectivity index (χ1) is 10.3. The van der Waals surface area contributed by atoms with Crippen LogP contribution in [0.2, 0.25) is 0 Å². The van der Waals surface area contributed by atoms with Gasteiger partial charge >= 0.3 is 6.80 Å². The van der Waals surface area contributed by atoms with E-state index in [1.807, 2.05) is 0 Å². The highest BCUT2D eigenvalue weighted by molar-refractivity contribution is 8.44. The molecule has 1 aromatic heterocycles. The molecule has 10 heteroatoms. The highest BCUT2D eigenvalue weighted by atomic mass is 32.7. The largest absolute Gasteiger partial charge is 0.383 e. The lowest BCUT2D eigenvalue weighted by Gasteiger charge is -2.15. The quantitative estimate of drug-likeness (QED) is 0.397. The Bertz CT molecular complexity index is 713. The number of hydrogen-bond acceptors (Lipinski definition) is 6. The van der Waals surface area contributed by atoms with Crippen molar-refractivity contribution in [3.8, 4) is 0 Å². The summed E-state index contributed by atoms with van der Waals surface area (Å²) in [7, 11) is 0. The van der Waals surface area contributed by atoms with Gasteiger partial charge in [-0.3, -0.25) is 4.52 Å². The first kappa shape index (κ1) is 17.2. The Morgan fingerprint density at radius 1 is 1.82 bits per heavy atom. The zero-order valence-corrected chi connectivity index (χ0v) is 13.9. The number of hydrogen-bond donors (Lipinski definition) is 3. The topological polar surface area (TPSA) is 112 Å². The average molecular weight is 346 g/mol. The Balaban J connectivity index is 2.11. The smallest absolute Gasteiger partial charge is 0.382 e. The van der Waals surface area contributed by atoms with E-state index in [2.05, 4.69) is 28.8 Å². The Labute approximate surface area is 133 Å². The van der Waals surface area contributed by atoms with Crippen molar-refractivity contribution in [2.75, 3.05) is 6.61 Å². The molecule has 2 heterocycles. The summed E-state index contributed by atoms with van der Waals surface area (Å²) in [6.45, 7) is 1.94. The number of imidazole rings is 1. The van der Waals surface area contributed by atoms with Crippen LogP contribution in [0.1, 0.15) is 26.0 Å². The molecule has 0 spiro atoms. The van der Waals surface area contributed by atoms with Gasteiger partial charge in [-0.2, -0.15) is 0 Å². The molecule has 3 N–H and O–H groups in total. The Morgan fingerprint density at radius 3 is 3.18 bits per heavy atom. The predicted molar refractivity (Wildman–Crippen MR) is 86.7 cm³/mol. The van der Waals surface area contributed by atoms with E-state index in [4.69, 9.17) is 19.9 Å². The molecule has 3 atom stereocenters. The highest BCUT2D eigenvalue weighted by Gasteiger charge is 2.28. The molecule has 1 aromatic rings. The molecule has 3 unspecified atom stereocenters. The number of thiol groups is 1. The van der Waals surface area contributed by atoms with Crippen LogP contribution in [0.25, 0.3) is 12.4 Å². The van der Waals surface area contributed by atoms with Crippen molar-refractivity contribution in [2.24, 2.45) is 10.7 Å². The monoisotopic (exact) mass is 346 g/mol. The zero-order valence-electron chi connectivity index (χ0n) is 12.1. The van der Waals surface area contributed by atoms with Crippen molar-refractivity contribution < 1.29 is 18.7 Å². The summed E-state index contributed by atoms with van der Waals surface area (Å²) in [6.07, 6.45) is 4.04. The number of nitrogens with zero attached hydrogens (tertiary/aromatic N) is 3. The van der Waals surface area contributed by atoms with Gasteiger partial charge in [0.25, 0.3) is 0 Å². The van der Waals surface area contributed by atoms with Gasteiger partial charge in [0.1, 0.15) is 11.6 Å². The summed E-state index contributed by atoms with van der Waals surface area (Å²) in [4.78, 5) is 17.2. The van der Waals surface area contributed by atoms with Crippen LogP contribution in [-0.2, 0) is 13.8 Å². The third-order valence-electron chi connectivity index (χ3n) is 3.23. The lowest BCUT2D eigenvalue weighted by molar-refractivity contribution is -0.0195. The first-order valence-electron chi connectivity index (χ1n) is 6.67. The summed E-state index contributed by atoms with van der Waals surface area (Å²) in [5.74, 6) is 0.292. The second kappa shape index (κ2) is 6.97. The van der Waals surface area contributed by atoms with Crippen molar-refractivity contribution in [3.63, 3.8) is 0 Å². The van der Waals surface area contributed by atoms with Crippen LogP contribution >= 0.6 is 19.0 Å². The van der Waals surface area contributed by atoms with Crippen LogP contribution in [0.15, 0.2) is 11.3 Å². The molecule has 8 nitrogen and oxygen atoms in total. The van der Waals surface area contributed by atoms with E-state index in [1.165, 1.54) is 0 Å². The number of rotatable bonds is 5. The molecule has 0 amide bonds. The minimum absolute atomic E-state index is 0.0101. The van der Waals surface area contributed by atoms with Gasteiger partial charge in [-0.15, -0.1) is 0 Å². The van der Waals surface area contributed by atoms with Crippen LogP contribution in [0.3, 0.4) is 0 Å². The second-order valence-corrected chi connectivity index (χ2v) is 7.55. The fourth-order valence-corrected chi connectivity index (χ4v) is 2.80. The van der Waals surface area contributed by atoms with Crippen molar-refractivity contribution in [1.29, 1.82) is 0 Å². The Kier molecular flexibility index (Phi) is 5.46. The summed E-state index contributed by atoms with van der Waals surface area (Å²) in [5, 5.41) is 1.12. The molecule has 1 aliphatic rings. The summed E-state index contributed by atoms with van der Waals surface area (Å²) in [5.41, 5.74) is 5.82. The number of nitrogens with two attached hydrogens (primary N) is 1. The molecule has 0 bridgehead atoms. The van der Waals surface area contributed by atoms with E-state index in [1.54, 1.807) is 24.0 Å². The molecule has 1 aliphatic heterocycles. The maximum Gasteiger partial charge on any atom is 0.383 e. The normalized spacial score (nSPS) is 26.3. The minimum atomic E-state index is -3.79. The number of aliphatic imine (C=N–C) groups is 1. The van der Waals surface area contributed by atoms with E-state index < -0.39 is 6.80 Å². The standard InChI is InChI=1S/C12H19N4O4PS/c1-3-14-12(13)11-8(2)16(7-15-11)10-5-4-9(20-10)6-19-21(17,18)22/h3,7,9-10H,2,4-6,13H2,1H3,(H2,17,18,22)/b12-11+,14-3-. The third-order valence-corrected chi connectivity index (χ3v) is 4.06. The van der Waals surface area contributed by atoms with Gasteiger partial charge in [0.15, 0.2) is 5.82 Å². The molecule has 0 radical (unpaired) electrons. The van der Waals surface area contributed by atoms with E-state index in [0.29, 0.717) is 29.4 Å². The lowest BCUT2D eigenvalue weighted by Crippen LogP contribution is -2.34. The summed E-state index contributed by atoms with van der Waals surface area (Å²) in [6, 6.07) is 0. The van der Waals surface area contributed by atoms with Gasteiger partial charge in [-0.25, -0.2) is 14.5 Å². The highest BCUT2D eigenvalue weighted by Crippen LogP contribution is 2.47. The molecular formula is C12H19N4O4PS. The van der Waals surface area contributed by atoms with Gasteiger partial charge in [-0.05, 0) is 19.8 Å². The molecule has 1 fully saturated rings. The Hall–Kier alpha value is -1.12. The van der Waals surface area contributed by atoms with Crippen molar-refractivity contribution in [3.05, 3.63) is 17.0 Å². The van der Waals surface area contributed by atoms with Crippen LogP contribution in [-0.4, -0.2) is 33.4 Å². The fourth-order valence-electron chi connectivity index (χ4n) is 2.24. The Morgan fingerprint density at radius 2 is 2.55 bits per heavy atom. The summed E-state index contributed by atoms with van der Waals surface area (Å²) < 4.78 is 23.3. The zero-order chi connectivity index (χ0) is 16.3. The van der Waals surface area contributed by atoms with Gasteiger partial charge in [0, 0.05) is 6.21 Å². The molecule has 0 saturated carbocycles. The SMILES string of the molecule is C=c1/c(=C(N)\N=C/C)ncn1C1CCC(COP(=O)(O)S)O1. The molecule has 0 aromatic carbocycles. The van der Waals surface area contributed by atoms with Crippen LogP contribution in [0.4, 0.5) is 0 Å². The van der Waals surface area contributed by atoms with E-state index in [0.717, 1.165) is 0 Å². The lowest BCUT2D eigenvalue weighted by atomic mass is 10.2. The predicted octanol–water partition coefficient (Wildman–Crippen LogP) is 0.133. The third kappa shape index (κ3) is 4.21. The molecule has 2 rings (SSSR count). The van der Waals surface area contributed by atoms with Crippen LogP contribution in [0, 0.1) is 0 Å². The maximum atomic E-state index is 11.0. The van der Waals surface area contributed by atoms with Crippen molar-refractivity contribution >= 4 is 37.7 Å². The van der Waals surface area contributed by atoms with Crippen molar-refractivity contribution in [2.45, 2.75) is 32.1 Å². The molecular weight excluding hydrogens is 327 g/mol. The molecule has 0 aliphatic carbocycles. The van der Waals surface area contributed by atoms with Crippen LogP contribution in [0.5, 0.6) is 0 Å². The summed E-state index contributed by atoms with van der Waals surface area (Å²) >= 11 is 3.46. The minimum Gasteiger partial charge on any atom is -0.382 e. The van der Waals surface area contributed by atoms with Crippen molar-refractivity contribution in [1.82, 2.24) is 9.55 Å². The average Bonchev–Trinajstić information content (AvgIpc) is 3.02. The number of aromatic nitrogens is 2. The second-order valence-electron chi connectivity index (χ2n) is 4.80. The number of ether oxygens (including phenoxy) is 1. The van der Waals surface area contributed by atoms with E-state index >= 15 is 0 Å². The van der Waals surface area contributed by atoms with Crippen LogP contribution < -0.4 is 16.4 Å². The maximum absolute atomic E-state index is 11.0. The van der Waals surface area contributed by atoms with Gasteiger partial charge in [0.05, 0.1) is 24.4 Å². The molecule has 22 heavy (non-hydrogen) atoms. The van der Waals surface area contributed by atoms with Gasteiger partial charge in [0.2, 0.25) is 0 Å². The fraction of sp³-hybridized carbons (Fsp3) is 0.500. The van der Waals surface area contributed by atoms with Gasteiger partial charge < -0.3 is 19.9 Å². The van der Waals surface area contributed by atoms with E-state index in [9.17, 15) is 4.57 Å². The van der Waals surface area contributed by atoms with Gasteiger partial charge in [-0.1, -0.05) is 18.8 Å². The van der Waals surface area contributed by atoms with E-state index in [-0.39, 0.29) is 18.9 Å². The molecule has 1 saturated heterocycles. The molecule has 122 valence electrons.